The molecule has 0 saturated heterocycles. The Morgan fingerprint density at radius 2 is 1.96 bits per heavy atom. The number of pyridine rings is 1. The van der Waals surface area contributed by atoms with Gasteiger partial charge in [0.05, 0.1) is 17.7 Å². The van der Waals surface area contributed by atoms with Gasteiger partial charge in [-0.1, -0.05) is 11.2 Å². The average Bonchev–Trinajstić information content (AvgIpc) is 3.10. The van der Waals surface area contributed by atoms with E-state index in [1.165, 1.54) is 12.1 Å². The highest BCUT2D eigenvalue weighted by Gasteiger charge is 2.31. The van der Waals surface area contributed by atoms with Crippen LogP contribution in [0.4, 0.5) is 24.7 Å². The van der Waals surface area contributed by atoms with E-state index in [1.807, 2.05) is 0 Å². The Labute approximate surface area is 158 Å². The van der Waals surface area contributed by atoms with Gasteiger partial charge in [-0.05, 0) is 30.3 Å². The first-order valence-corrected chi connectivity index (χ1v) is 8.53. The lowest BCUT2D eigenvalue weighted by Crippen LogP contribution is -2.35. The molecule has 3 aromatic rings. The van der Waals surface area contributed by atoms with E-state index < -0.39 is 11.7 Å². The fraction of sp³-hybridized carbons (Fsp3) is 0.211. The lowest BCUT2D eigenvalue weighted by Gasteiger charge is -2.26. The van der Waals surface area contributed by atoms with Crippen LogP contribution in [0.3, 0.4) is 0 Å². The summed E-state index contributed by atoms with van der Waals surface area (Å²) in [5.74, 6) is 0.772. The normalized spacial score (nSPS) is 13.9. The molecule has 1 N–H and O–H groups in total. The van der Waals surface area contributed by atoms with Crippen LogP contribution in [0.2, 0.25) is 0 Å². The third kappa shape index (κ3) is 3.55. The predicted molar refractivity (Wildman–Crippen MR) is 93.9 cm³/mol. The van der Waals surface area contributed by atoms with Gasteiger partial charge >= 0.3 is 6.18 Å². The summed E-state index contributed by atoms with van der Waals surface area (Å²) in [6.07, 6.45) is -0.872. The van der Waals surface area contributed by atoms with Crippen molar-refractivity contribution in [1.29, 1.82) is 0 Å². The zero-order valence-corrected chi connectivity index (χ0v) is 14.5. The molecule has 3 heterocycles. The van der Waals surface area contributed by atoms with E-state index in [-0.39, 0.29) is 18.1 Å². The molecule has 6 nitrogen and oxygen atoms in total. The van der Waals surface area contributed by atoms with Crippen molar-refractivity contribution in [1.82, 2.24) is 15.0 Å². The molecule has 9 heteroatoms. The van der Waals surface area contributed by atoms with Crippen LogP contribution >= 0.6 is 0 Å². The van der Waals surface area contributed by atoms with Gasteiger partial charge in [0.25, 0.3) is 5.91 Å². The van der Waals surface area contributed by atoms with Gasteiger partial charge in [-0.2, -0.15) is 13.2 Å². The minimum atomic E-state index is -4.44. The Kier molecular flexibility index (Phi) is 4.50. The number of hydrogen-bond donors (Lipinski definition) is 1. The maximum atomic E-state index is 12.9. The number of halogens is 3. The topological polar surface area (TPSA) is 71.3 Å². The van der Waals surface area contributed by atoms with E-state index >= 15 is 0 Å². The molecule has 0 unspecified atom stereocenters. The van der Waals surface area contributed by atoms with Crippen molar-refractivity contribution in [2.75, 3.05) is 11.9 Å². The Hall–Kier alpha value is -3.36. The van der Waals surface area contributed by atoms with Crippen molar-refractivity contribution in [2.45, 2.75) is 19.1 Å². The van der Waals surface area contributed by atoms with E-state index in [1.54, 1.807) is 29.4 Å². The third-order valence-corrected chi connectivity index (χ3v) is 4.49. The van der Waals surface area contributed by atoms with Crippen LogP contribution in [0.1, 0.15) is 27.2 Å². The molecule has 4 rings (SSSR count). The van der Waals surface area contributed by atoms with Crippen LogP contribution in [-0.2, 0) is 19.1 Å². The molecule has 0 spiro atoms. The molecule has 1 aliphatic rings. The minimum absolute atomic E-state index is 0.153. The fourth-order valence-corrected chi connectivity index (χ4v) is 3.07. The molecule has 28 heavy (non-hydrogen) atoms. The number of benzene rings is 1. The first-order valence-electron chi connectivity index (χ1n) is 8.53. The number of amides is 1. The summed E-state index contributed by atoms with van der Waals surface area (Å²) >= 11 is 0. The second-order valence-electron chi connectivity index (χ2n) is 6.35. The van der Waals surface area contributed by atoms with Crippen LogP contribution in [0.15, 0.2) is 53.3 Å². The van der Waals surface area contributed by atoms with Crippen LogP contribution in [0.5, 0.6) is 0 Å². The summed E-state index contributed by atoms with van der Waals surface area (Å²) in [6.45, 7) is 0.716. The Morgan fingerprint density at radius 3 is 2.71 bits per heavy atom. The number of carbonyl (C=O) groups is 1. The summed E-state index contributed by atoms with van der Waals surface area (Å²) < 4.78 is 44.0. The maximum absolute atomic E-state index is 12.9. The summed E-state index contributed by atoms with van der Waals surface area (Å²) in [4.78, 5) is 18.2. The zero-order chi connectivity index (χ0) is 19.7. The quantitative estimate of drug-likeness (QED) is 0.734. The molecule has 144 valence electrons. The van der Waals surface area contributed by atoms with Gasteiger partial charge in [0.2, 0.25) is 0 Å². The van der Waals surface area contributed by atoms with Crippen LogP contribution in [0.25, 0.3) is 0 Å². The van der Waals surface area contributed by atoms with E-state index in [0.29, 0.717) is 35.7 Å². The van der Waals surface area contributed by atoms with Gasteiger partial charge in [-0.25, -0.2) is 0 Å². The lowest BCUT2D eigenvalue weighted by atomic mass is 10.1. The minimum Gasteiger partial charge on any atom is -0.359 e. The molecule has 1 aromatic carbocycles. The number of nitrogens with zero attached hydrogens (tertiary/aromatic N) is 3. The summed E-state index contributed by atoms with van der Waals surface area (Å²) in [7, 11) is 0. The first-order chi connectivity index (χ1) is 13.4. The summed E-state index contributed by atoms with van der Waals surface area (Å²) in [5.41, 5.74) is 0.654. The predicted octanol–water partition coefficient (Wildman–Crippen LogP) is 4.03. The van der Waals surface area contributed by atoms with Crippen molar-refractivity contribution in [3.8, 4) is 0 Å². The highest BCUT2D eigenvalue weighted by atomic mass is 19.4. The molecule has 0 fully saturated rings. The van der Waals surface area contributed by atoms with Crippen molar-refractivity contribution in [3.63, 3.8) is 0 Å². The molecule has 0 aliphatic carbocycles. The van der Waals surface area contributed by atoms with Crippen LogP contribution in [0, 0.1) is 0 Å². The number of carbonyl (C=O) groups excluding carboxylic acids is 1. The third-order valence-electron chi connectivity index (χ3n) is 4.49. The molecule has 0 atom stereocenters. The van der Waals surface area contributed by atoms with Gasteiger partial charge in [-0.3, -0.25) is 9.78 Å². The average molecular weight is 388 g/mol. The highest BCUT2D eigenvalue weighted by molar-refractivity contribution is 5.94. The zero-order valence-electron chi connectivity index (χ0n) is 14.5. The number of rotatable bonds is 3. The number of fused-ring (bicyclic) bond motifs is 1. The lowest BCUT2D eigenvalue weighted by molar-refractivity contribution is -0.137. The summed E-state index contributed by atoms with van der Waals surface area (Å²) in [5, 5.41) is 6.81. The van der Waals surface area contributed by atoms with E-state index in [9.17, 15) is 18.0 Å². The highest BCUT2D eigenvalue weighted by Crippen LogP contribution is 2.33. The van der Waals surface area contributed by atoms with Crippen molar-refractivity contribution < 1.29 is 22.5 Å². The second kappa shape index (κ2) is 6.99. The van der Waals surface area contributed by atoms with Gasteiger partial charge in [0, 0.05) is 36.6 Å². The van der Waals surface area contributed by atoms with Crippen molar-refractivity contribution in [2.24, 2.45) is 0 Å². The molecule has 1 aliphatic heterocycles. The molecule has 0 bridgehead atoms. The standard InChI is InChI=1S/C19H15F3N4O2/c20-19(21,22)13-2-1-3-14(10-13)24-17-15-11-26(9-6-16(15)28-25-17)18(27)12-4-7-23-8-5-12/h1-5,7-8,10H,6,9,11H2,(H,24,25). The number of hydrogen-bond acceptors (Lipinski definition) is 5. The molecule has 1 amide bonds. The molecule has 0 saturated carbocycles. The largest absolute Gasteiger partial charge is 0.416 e. The fourth-order valence-electron chi connectivity index (χ4n) is 3.07. The Balaban J connectivity index is 1.56. The molecule has 0 radical (unpaired) electrons. The second-order valence-corrected chi connectivity index (χ2v) is 6.35. The van der Waals surface area contributed by atoms with E-state index in [2.05, 4.69) is 15.5 Å². The van der Waals surface area contributed by atoms with E-state index in [0.717, 1.165) is 12.1 Å². The van der Waals surface area contributed by atoms with Crippen LogP contribution in [-0.4, -0.2) is 27.5 Å². The van der Waals surface area contributed by atoms with Gasteiger partial charge < -0.3 is 14.7 Å². The van der Waals surface area contributed by atoms with Crippen molar-refractivity contribution in [3.05, 3.63) is 71.2 Å². The molecule has 2 aromatic heterocycles. The molecular formula is C19H15F3N4O2. The SMILES string of the molecule is O=C(c1ccncc1)N1CCc2onc(Nc3cccc(C(F)(F)F)c3)c2C1. The summed E-state index contributed by atoms with van der Waals surface area (Å²) in [6, 6.07) is 8.10. The smallest absolute Gasteiger partial charge is 0.359 e. The van der Waals surface area contributed by atoms with Gasteiger partial charge in [0.15, 0.2) is 5.82 Å². The monoisotopic (exact) mass is 388 g/mol. The first kappa shape index (κ1) is 18.0. The van der Waals surface area contributed by atoms with E-state index in [4.69, 9.17) is 4.52 Å². The number of aromatic nitrogens is 2. The Bertz CT molecular complexity index is 1000. The van der Waals surface area contributed by atoms with Gasteiger partial charge in [0.1, 0.15) is 5.76 Å². The van der Waals surface area contributed by atoms with Crippen LogP contribution < -0.4 is 5.32 Å². The Morgan fingerprint density at radius 1 is 1.18 bits per heavy atom. The van der Waals surface area contributed by atoms with Gasteiger partial charge in [-0.15, -0.1) is 0 Å². The van der Waals surface area contributed by atoms with Crippen molar-refractivity contribution >= 4 is 17.4 Å². The number of nitrogens with one attached hydrogen (secondary N) is 1. The molecular weight excluding hydrogens is 373 g/mol. The number of alkyl halides is 3. The number of anilines is 2. The maximum Gasteiger partial charge on any atom is 0.416 e.